The van der Waals surface area contributed by atoms with Crippen molar-refractivity contribution >= 4 is 24.4 Å². The van der Waals surface area contributed by atoms with Crippen LogP contribution in [0, 0.1) is 13.8 Å². The molecule has 0 heterocycles. The zero-order chi connectivity index (χ0) is 8.27. The van der Waals surface area contributed by atoms with Gasteiger partial charge in [-0.25, -0.2) is 0 Å². The zero-order valence-corrected chi connectivity index (χ0v) is 8.51. The molecule has 0 spiro atoms. The molecule has 0 saturated heterocycles. The van der Waals surface area contributed by atoms with Gasteiger partial charge in [0.05, 0.1) is 0 Å². The van der Waals surface area contributed by atoms with Crippen LogP contribution in [0.3, 0.4) is 0 Å². The molecular weight excluding hydrogens is 172 g/mol. The summed E-state index contributed by atoms with van der Waals surface area (Å²) < 4.78 is 0. The van der Waals surface area contributed by atoms with Gasteiger partial charge >= 0.3 is 0 Å². The molecule has 0 aromatic heterocycles. The van der Waals surface area contributed by atoms with Crippen molar-refractivity contribution in [3.8, 4) is 0 Å². The van der Waals surface area contributed by atoms with Gasteiger partial charge in [-0.2, -0.15) is 12.6 Å². The van der Waals surface area contributed by atoms with Gasteiger partial charge < -0.3 is 0 Å². The first-order chi connectivity index (χ1) is 5.24. The second kappa shape index (κ2) is 4.07. The fraction of sp³-hybridized carbons (Fsp3) is 0.333. The van der Waals surface area contributed by atoms with E-state index in [2.05, 4.69) is 44.7 Å². The molecule has 0 unspecified atom stereocenters. The van der Waals surface area contributed by atoms with Crippen LogP contribution in [0.2, 0.25) is 0 Å². The molecular formula is C9H12S2. The van der Waals surface area contributed by atoms with Crippen LogP contribution in [-0.2, 0) is 0 Å². The van der Waals surface area contributed by atoms with Gasteiger partial charge in [-0.05, 0) is 25.5 Å². The summed E-state index contributed by atoms with van der Waals surface area (Å²) in [5.41, 5.74) is 2.66. The first-order valence-electron chi connectivity index (χ1n) is 3.55. The summed E-state index contributed by atoms with van der Waals surface area (Å²) in [5, 5.41) is 0.851. The minimum Gasteiger partial charge on any atom is -0.168 e. The Balaban J connectivity index is 2.93. The maximum atomic E-state index is 4.18. The van der Waals surface area contributed by atoms with Crippen molar-refractivity contribution in [2.45, 2.75) is 18.7 Å². The van der Waals surface area contributed by atoms with E-state index in [1.807, 2.05) is 0 Å². The van der Waals surface area contributed by atoms with Crippen LogP contribution in [0.25, 0.3) is 0 Å². The second-order valence-corrected chi connectivity index (χ2v) is 4.30. The zero-order valence-electron chi connectivity index (χ0n) is 6.79. The normalized spacial score (nSPS) is 10.1. The average molecular weight is 184 g/mol. The van der Waals surface area contributed by atoms with E-state index in [1.54, 1.807) is 11.8 Å². The van der Waals surface area contributed by atoms with E-state index in [-0.39, 0.29) is 0 Å². The highest BCUT2D eigenvalue weighted by Gasteiger charge is 1.96. The Morgan fingerprint density at radius 3 is 2.73 bits per heavy atom. The first kappa shape index (κ1) is 9.01. The number of thioether (sulfide) groups is 1. The predicted octanol–water partition coefficient (Wildman–Crippen LogP) is 3.28. The maximum absolute atomic E-state index is 4.18. The highest BCUT2D eigenvalue weighted by molar-refractivity contribution is 8.09. The molecule has 0 atom stereocenters. The number of hydrogen-bond acceptors (Lipinski definition) is 2. The lowest BCUT2D eigenvalue weighted by Crippen LogP contribution is -1.80. The molecule has 2 heteroatoms. The number of hydrogen-bond donors (Lipinski definition) is 1. The molecule has 1 aromatic rings. The van der Waals surface area contributed by atoms with Crippen LogP contribution in [0.15, 0.2) is 23.1 Å². The average Bonchev–Trinajstić information content (AvgIpc) is 1.98. The van der Waals surface area contributed by atoms with E-state index in [0.29, 0.717) is 0 Å². The third-order valence-electron chi connectivity index (χ3n) is 1.56. The lowest BCUT2D eigenvalue weighted by molar-refractivity contribution is 1.26. The van der Waals surface area contributed by atoms with Gasteiger partial charge in [-0.3, -0.25) is 0 Å². The van der Waals surface area contributed by atoms with Gasteiger partial charge in [0.25, 0.3) is 0 Å². The molecule has 60 valence electrons. The number of rotatable bonds is 2. The summed E-state index contributed by atoms with van der Waals surface area (Å²) in [6, 6.07) is 6.50. The maximum Gasteiger partial charge on any atom is 0.0409 e. The van der Waals surface area contributed by atoms with Crippen molar-refractivity contribution in [3.63, 3.8) is 0 Å². The fourth-order valence-electron chi connectivity index (χ4n) is 0.932. The Bertz CT molecular complexity index is 243. The van der Waals surface area contributed by atoms with E-state index in [1.165, 1.54) is 16.0 Å². The van der Waals surface area contributed by atoms with Crippen LogP contribution in [0.5, 0.6) is 0 Å². The molecule has 0 N–H and O–H groups in total. The monoisotopic (exact) mass is 184 g/mol. The lowest BCUT2D eigenvalue weighted by Gasteiger charge is -2.03. The lowest BCUT2D eigenvalue weighted by atomic mass is 10.2. The molecule has 0 nitrogen and oxygen atoms in total. The van der Waals surface area contributed by atoms with Crippen molar-refractivity contribution in [2.75, 3.05) is 5.08 Å². The molecule has 0 radical (unpaired) electrons. The summed E-state index contributed by atoms with van der Waals surface area (Å²) in [5.74, 6) is 0. The molecule has 11 heavy (non-hydrogen) atoms. The predicted molar refractivity (Wildman–Crippen MR) is 55.6 cm³/mol. The van der Waals surface area contributed by atoms with Gasteiger partial charge in [0.15, 0.2) is 0 Å². The SMILES string of the molecule is Cc1ccc(C)c(SCS)c1. The molecule has 1 rings (SSSR count). The molecule has 0 saturated carbocycles. The first-order valence-corrected chi connectivity index (χ1v) is 5.17. The number of thiol groups is 1. The van der Waals surface area contributed by atoms with E-state index < -0.39 is 0 Å². The number of aryl methyl sites for hydroxylation is 2. The van der Waals surface area contributed by atoms with Crippen molar-refractivity contribution in [3.05, 3.63) is 29.3 Å². The van der Waals surface area contributed by atoms with Crippen LogP contribution in [-0.4, -0.2) is 5.08 Å². The van der Waals surface area contributed by atoms with Gasteiger partial charge in [-0.15, -0.1) is 11.8 Å². The van der Waals surface area contributed by atoms with Crippen molar-refractivity contribution < 1.29 is 0 Å². The molecule has 0 aliphatic carbocycles. The van der Waals surface area contributed by atoms with Gasteiger partial charge in [0.1, 0.15) is 0 Å². The molecule has 0 aliphatic heterocycles. The second-order valence-electron chi connectivity index (χ2n) is 2.54. The molecule has 0 amide bonds. The van der Waals surface area contributed by atoms with Crippen molar-refractivity contribution in [2.24, 2.45) is 0 Å². The highest BCUT2D eigenvalue weighted by Crippen LogP contribution is 2.23. The van der Waals surface area contributed by atoms with E-state index >= 15 is 0 Å². The van der Waals surface area contributed by atoms with E-state index in [4.69, 9.17) is 0 Å². The number of benzene rings is 1. The quantitative estimate of drug-likeness (QED) is 0.418. The summed E-state index contributed by atoms with van der Waals surface area (Å²) >= 11 is 5.96. The highest BCUT2D eigenvalue weighted by atomic mass is 32.2. The Labute approximate surface area is 77.8 Å². The van der Waals surface area contributed by atoms with E-state index in [0.717, 1.165) is 5.08 Å². The van der Waals surface area contributed by atoms with Crippen molar-refractivity contribution in [1.82, 2.24) is 0 Å². The van der Waals surface area contributed by atoms with Gasteiger partial charge in [-0.1, -0.05) is 17.7 Å². The van der Waals surface area contributed by atoms with Crippen LogP contribution >= 0.6 is 24.4 Å². The van der Waals surface area contributed by atoms with Crippen LogP contribution in [0.1, 0.15) is 11.1 Å². The topological polar surface area (TPSA) is 0 Å². The van der Waals surface area contributed by atoms with E-state index in [9.17, 15) is 0 Å². The van der Waals surface area contributed by atoms with Gasteiger partial charge in [0.2, 0.25) is 0 Å². The van der Waals surface area contributed by atoms with Crippen LogP contribution < -0.4 is 0 Å². The Kier molecular flexibility index (Phi) is 3.34. The smallest absolute Gasteiger partial charge is 0.0409 e. The minimum atomic E-state index is 0.851. The molecule has 0 aliphatic rings. The Morgan fingerprint density at radius 1 is 1.36 bits per heavy atom. The minimum absolute atomic E-state index is 0.851. The Hall–Kier alpha value is -0.0800. The molecule has 1 aromatic carbocycles. The third-order valence-corrected chi connectivity index (χ3v) is 2.83. The summed E-state index contributed by atoms with van der Waals surface area (Å²) in [6.07, 6.45) is 0. The third kappa shape index (κ3) is 2.46. The molecule has 0 bridgehead atoms. The Morgan fingerprint density at radius 2 is 2.09 bits per heavy atom. The van der Waals surface area contributed by atoms with Gasteiger partial charge in [0, 0.05) is 9.98 Å². The largest absolute Gasteiger partial charge is 0.168 e. The fourth-order valence-corrected chi connectivity index (χ4v) is 2.05. The van der Waals surface area contributed by atoms with Crippen molar-refractivity contribution in [1.29, 1.82) is 0 Å². The summed E-state index contributed by atoms with van der Waals surface area (Å²) in [4.78, 5) is 1.35. The standard InChI is InChI=1S/C9H12S2/c1-7-3-4-8(2)9(5-7)11-6-10/h3-5,10H,6H2,1-2H3. The summed E-state index contributed by atoms with van der Waals surface area (Å²) in [6.45, 7) is 4.24. The van der Waals surface area contributed by atoms with Crippen LogP contribution in [0.4, 0.5) is 0 Å². The summed E-state index contributed by atoms with van der Waals surface area (Å²) in [7, 11) is 0. The molecule has 0 fully saturated rings.